The van der Waals surface area contributed by atoms with E-state index in [1.54, 1.807) is 18.2 Å². The summed E-state index contributed by atoms with van der Waals surface area (Å²) in [5, 5.41) is 2.79. The Kier molecular flexibility index (Phi) is 3.68. The third-order valence-electron chi connectivity index (χ3n) is 4.37. The number of hydrogen-bond acceptors (Lipinski definition) is 5. The standard InChI is InChI=1S/C17H17N3O4/c21-15-7-12(19-16(20-15)10-2-1-3-10)8-18-17(22)11-4-5-13-14(6-11)24-9-23-13/h4-7,10H,1-3,8-9H2,(H,18,22)(H,19,20,21). The van der Waals surface area contributed by atoms with Gasteiger partial charge < -0.3 is 19.8 Å². The van der Waals surface area contributed by atoms with Crippen molar-refractivity contribution >= 4 is 5.91 Å². The molecule has 2 heterocycles. The van der Waals surface area contributed by atoms with Crippen molar-refractivity contribution in [3.63, 3.8) is 0 Å². The molecule has 1 fully saturated rings. The summed E-state index contributed by atoms with van der Waals surface area (Å²) in [5.41, 5.74) is 0.859. The van der Waals surface area contributed by atoms with E-state index in [0.29, 0.717) is 28.7 Å². The summed E-state index contributed by atoms with van der Waals surface area (Å²) < 4.78 is 10.5. The zero-order chi connectivity index (χ0) is 16.5. The lowest BCUT2D eigenvalue weighted by Crippen LogP contribution is -2.26. The molecule has 1 aromatic heterocycles. The lowest BCUT2D eigenvalue weighted by atomic mass is 9.85. The Morgan fingerprint density at radius 1 is 1.25 bits per heavy atom. The van der Waals surface area contributed by atoms with Crippen LogP contribution in [-0.2, 0) is 6.54 Å². The molecule has 0 radical (unpaired) electrons. The van der Waals surface area contributed by atoms with Crippen LogP contribution in [0.1, 0.15) is 47.1 Å². The van der Waals surface area contributed by atoms with Crippen molar-refractivity contribution in [2.45, 2.75) is 31.7 Å². The summed E-state index contributed by atoms with van der Waals surface area (Å²) in [6, 6.07) is 6.44. The van der Waals surface area contributed by atoms with E-state index in [1.165, 1.54) is 12.5 Å². The number of rotatable bonds is 4. The van der Waals surface area contributed by atoms with Gasteiger partial charge in [-0.2, -0.15) is 0 Å². The Balaban J connectivity index is 1.45. The highest BCUT2D eigenvalue weighted by Crippen LogP contribution is 2.34. The fraction of sp³-hybridized carbons (Fsp3) is 0.353. The highest BCUT2D eigenvalue weighted by atomic mass is 16.7. The summed E-state index contributed by atoms with van der Waals surface area (Å²) in [5.74, 6) is 2.00. The fourth-order valence-electron chi connectivity index (χ4n) is 2.80. The molecule has 7 heteroatoms. The predicted molar refractivity (Wildman–Crippen MR) is 85.2 cm³/mol. The molecule has 0 bridgehead atoms. The molecule has 0 atom stereocenters. The van der Waals surface area contributed by atoms with Gasteiger partial charge in [0.1, 0.15) is 5.82 Å². The van der Waals surface area contributed by atoms with Crippen LogP contribution in [0.3, 0.4) is 0 Å². The van der Waals surface area contributed by atoms with E-state index in [1.807, 2.05) is 0 Å². The van der Waals surface area contributed by atoms with Gasteiger partial charge in [-0.25, -0.2) is 4.98 Å². The molecule has 1 saturated carbocycles. The number of benzene rings is 1. The average Bonchev–Trinajstić information content (AvgIpc) is 2.98. The predicted octanol–water partition coefficient (Wildman–Crippen LogP) is 1.70. The monoisotopic (exact) mass is 327 g/mol. The zero-order valence-electron chi connectivity index (χ0n) is 13.0. The maximum absolute atomic E-state index is 12.3. The third-order valence-corrected chi connectivity index (χ3v) is 4.37. The van der Waals surface area contributed by atoms with Gasteiger partial charge in [0.15, 0.2) is 11.5 Å². The van der Waals surface area contributed by atoms with Gasteiger partial charge >= 0.3 is 0 Å². The number of carbonyl (C=O) groups excluding carboxylic acids is 1. The average molecular weight is 327 g/mol. The Hall–Kier alpha value is -2.83. The van der Waals surface area contributed by atoms with Crippen molar-refractivity contribution in [2.75, 3.05) is 6.79 Å². The normalized spacial score (nSPS) is 15.8. The van der Waals surface area contributed by atoms with E-state index in [4.69, 9.17) is 9.47 Å². The summed E-state index contributed by atoms with van der Waals surface area (Å²) >= 11 is 0. The van der Waals surface area contributed by atoms with Crippen LogP contribution in [-0.4, -0.2) is 22.7 Å². The smallest absolute Gasteiger partial charge is 0.251 e. The number of fused-ring (bicyclic) bond motifs is 1. The van der Waals surface area contributed by atoms with Gasteiger partial charge in [0, 0.05) is 17.5 Å². The highest BCUT2D eigenvalue weighted by Gasteiger charge is 2.22. The third kappa shape index (κ3) is 2.84. The van der Waals surface area contributed by atoms with E-state index >= 15 is 0 Å². The molecule has 2 aliphatic rings. The molecule has 0 spiro atoms. The van der Waals surface area contributed by atoms with Crippen LogP contribution in [0, 0.1) is 0 Å². The molecule has 4 rings (SSSR count). The van der Waals surface area contributed by atoms with Gasteiger partial charge in [0.05, 0.1) is 12.2 Å². The Morgan fingerprint density at radius 3 is 2.88 bits per heavy atom. The molecule has 1 aliphatic carbocycles. The van der Waals surface area contributed by atoms with E-state index in [2.05, 4.69) is 15.3 Å². The minimum absolute atomic E-state index is 0.168. The van der Waals surface area contributed by atoms with Gasteiger partial charge in [-0.3, -0.25) is 9.59 Å². The lowest BCUT2D eigenvalue weighted by Gasteiger charge is -2.24. The topological polar surface area (TPSA) is 93.3 Å². The van der Waals surface area contributed by atoms with Crippen LogP contribution in [0.4, 0.5) is 0 Å². The van der Waals surface area contributed by atoms with Gasteiger partial charge in [-0.1, -0.05) is 6.42 Å². The molecular weight excluding hydrogens is 310 g/mol. The Labute approximate surface area is 138 Å². The van der Waals surface area contributed by atoms with E-state index in [-0.39, 0.29) is 24.8 Å². The zero-order valence-corrected chi connectivity index (χ0v) is 13.0. The van der Waals surface area contributed by atoms with E-state index < -0.39 is 0 Å². The van der Waals surface area contributed by atoms with Crippen LogP contribution in [0.25, 0.3) is 0 Å². The summed E-state index contributed by atoms with van der Waals surface area (Å²) in [6.45, 7) is 0.373. The van der Waals surface area contributed by atoms with E-state index in [9.17, 15) is 9.59 Å². The summed E-state index contributed by atoms with van der Waals surface area (Å²) in [4.78, 5) is 31.3. The second-order valence-electron chi connectivity index (χ2n) is 6.00. The number of hydrogen-bond donors (Lipinski definition) is 2. The Morgan fingerprint density at radius 2 is 2.08 bits per heavy atom. The number of amides is 1. The first-order valence-corrected chi connectivity index (χ1v) is 7.97. The number of aromatic nitrogens is 2. The first-order valence-electron chi connectivity index (χ1n) is 7.97. The van der Waals surface area contributed by atoms with Crippen molar-refractivity contribution in [1.29, 1.82) is 0 Å². The van der Waals surface area contributed by atoms with Crippen molar-refractivity contribution in [2.24, 2.45) is 0 Å². The SMILES string of the molecule is O=C(NCc1cc(=O)[nH]c(C2CCC2)n1)c1ccc2c(c1)OCO2. The molecule has 7 nitrogen and oxygen atoms in total. The van der Waals surface area contributed by atoms with Gasteiger partial charge in [-0.15, -0.1) is 0 Å². The molecule has 0 unspecified atom stereocenters. The van der Waals surface area contributed by atoms with Crippen LogP contribution in [0.15, 0.2) is 29.1 Å². The second-order valence-corrected chi connectivity index (χ2v) is 6.00. The molecule has 0 saturated heterocycles. The van der Waals surface area contributed by atoms with E-state index in [0.717, 1.165) is 18.7 Å². The number of nitrogens with one attached hydrogen (secondary N) is 2. The van der Waals surface area contributed by atoms with Gasteiger partial charge in [0.25, 0.3) is 11.5 Å². The molecule has 1 aromatic carbocycles. The van der Waals surface area contributed by atoms with Crippen LogP contribution in [0.2, 0.25) is 0 Å². The lowest BCUT2D eigenvalue weighted by molar-refractivity contribution is 0.0950. The van der Waals surface area contributed by atoms with Crippen LogP contribution < -0.4 is 20.3 Å². The summed E-state index contributed by atoms with van der Waals surface area (Å²) in [7, 11) is 0. The van der Waals surface area contributed by atoms with Crippen LogP contribution >= 0.6 is 0 Å². The summed E-state index contributed by atoms with van der Waals surface area (Å²) in [6.07, 6.45) is 3.27. The number of nitrogens with zero attached hydrogens (tertiary/aromatic N) is 1. The maximum Gasteiger partial charge on any atom is 0.251 e. The highest BCUT2D eigenvalue weighted by molar-refractivity contribution is 5.94. The van der Waals surface area contributed by atoms with Crippen molar-refractivity contribution in [1.82, 2.24) is 15.3 Å². The molecule has 1 amide bonds. The van der Waals surface area contributed by atoms with Gasteiger partial charge in [-0.05, 0) is 31.0 Å². The maximum atomic E-state index is 12.3. The number of carbonyl (C=O) groups is 1. The quantitative estimate of drug-likeness (QED) is 0.891. The first kappa shape index (κ1) is 14.7. The number of H-pyrrole nitrogens is 1. The van der Waals surface area contributed by atoms with Crippen molar-refractivity contribution in [3.8, 4) is 11.5 Å². The number of aromatic amines is 1. The molecule has 1 aliphatic heterocycles. The first-order chi connectivity index (χ1) is 11.7. The molecule has 24 heavy (non-hydrogen) atoms. The molecule has 2 N–H and O–H groups in total. The molecule has 2 aromatic rings. The van der Waals surface area contributed by atoms with Crippen molar-refractivity contribution in [3.05, 3.63) is 51.7 Å². The van der Waals surface area contributed by atoms with Crippen LogP contribution in [0.5, 0.6) is 11.5 Å². The second kappa shape index (κ2) is 5.99. The van der Waals surface area contributed by atoms with Crippen molar-refractivity contribution < 1.29 is 14.3 Å². The number of ether oxygens (including phenoxy) is 2. The molecule has 124 valence electrons. The Bertz CT molecular complexity index is 842. The largest absolute Gasteiger partial charge is 0.454 e. The molecular formula is C17H17N3O4. The minimum atomic E-state index is -0.249. The van der Waals surface area contributed by atoms with Gasteiger partial charge in [0.2, 0.25) is 6.79 Å². The minimum Gasteiger partial charge on any atom is -0.454 e. The fourth-order valence-corrected chi connectivity index (χ4v) is 2.80.